The molecule has 0 unspecified atom stereocenters. The molecule has 1 rings (SSSR count). The van der Waals surface area contributed by atoms with Gasteiger partial charge in [-0.3, -0.25) is 0 Å². The molecule has 0 bridgehead atoms. The van der Waals surface area contributed by atoms with Gasteiger partial charge >= 0.3 is 0 Å². The summed E-state index contributed by atoms with van der Waals surface area (Å²) in [5.74, 6) is 0. The minimum atomic E-state index is 0.928. The van der Waals surface area contributed by atoms with Gasteiger partial charge in [0.1, 0.15) is 0 Å². The highest BCUT2D eigenvalue weighted by Crippen LogP contribution is 2.01. The molecule has 0 spiro atoms. The third-order valence-electron chi connectivity index (χ3n) is 1.03. The number of allylic oxidation sites excluding steroid dienone is 3. The van der Waals surface area contributed by atoms with E-state index in [1.165, 1.54) is 5.70 Å². The molecule has 0 amide bonds. The van der Waals surface area contributed by atoms with Crippen LogP contribution in [0.25, 0.3) is 0 Å². The van der Waals surface area contributed by atoms with Crippen molar-refractivity contribution in [1.29, 1.82) is 0 Å². The maximum Gasteiger partial charge on any atom is 0.0431 e. The molecule has 1 heterocycles. The van der Waals surface area contributed by atoms with Crippen molar-refractivity contribution in [1.82, 2.24) is 5.32 Å². The SMILES string of the molecule is BrCC1=CCC=CN1. The van der Waals surface area contributed by atoms with E-state index in [9.17, 15) is 0 Å². The van der Waals surface area contributed by atoms with E-state index in [2.05, 4.69) is 33.4 Å². The summed E-state index contributed by atoms with van der Waals surface area (Å²) < 4.78 is 0. The molecule has 1 aliphatic rings. The van der Waals surface area contributed by atoms with Crippen LogP contribution in [0.1, 0.15) is 6.42 Å². The summed E-state index contributed by atoms with van der Waals surface area (Å²) >= 11 is 3.35. The molecule has 1 aliphatic heterocycles. The van der Waals surface area contributed by atoms with Crippen LogP contribution >= 0.6 is 15.9 Å². The molecule has 2 heteroatoms. The Morgan fingerprint density at radius 2 is 2.62 bits per heavy atom. The molecule has 44 valence electrons. The molecule has 0 saturated heterocycles. The minimum Gasteiger partial charge on any atom is -0.365 e. The van der Waals surface area contributed by atoms with E-state index in [1.807, 2.05) is 6.20 Å². The van der Waals surface area contributed by atoms with Gasteiger partial charge in [-0.25, -0.2) is 0 Å². The molecule has 0 aromatic rings. The van der Waals surface area contributed by atoms with Crippen molar-refractivity contribution >= 4 is 15.9 Å². The second kappa shape index (κ2) is 2.92. The van der Waals surface area contributed by atoms with Crippen molar-refractivity contribution in [3.63, 3.8) is 0 Å². The van der Waals surface area contributed by atoms with Crippen molar-refractivity contribution < 1.29 is 0 Å². The van der Waals surface area contributed by atoms with E-state index in [1.54, 1.807) is 0 Å². The van der Waals surface area contributed by atoms with Crippen LogP contribution in [0, 0.1) is 0 Å². The smallest absolute Gasteiger partial charge is 0.0431 e. The Balaban J connectivity index is 2.43. The van der Waals surface area contributed by atoms with Crippen molar-refractivity contribution in [3.8, 4) is 0 Å². The zero-order chi connectivity index (χ0) is 5.82. The van der Waals surface area contributed by atoms with Gasteiger partial charge in [-0.1, -0.05) is 28.1 Å². The lowest BCUT2D eigenvalue weighted by atomic mass is 10.3. The summed E-state index contributed by atoms with van der Waals surface area (Å²) in [6.07, 6.45) is 7.28. The number of alkyl halides is 1. The van der Waals surface area contributed by atoms with E-state index in [-0.39, 0.29) is 0 Å². The number of nitrogens with one attached hydrogen (secondary N) is 1. The predicted molar refractivity (Wildman–Crippen MR) is 38.8 cm³/mol. The van der Waals surface area contributed by atoms with Crippen LogP contribution in [0.4, 0.5) is 0 Å². The highest BCUT2D eigenvalue weighted by molar-refractivity contribution is 9.09. The van der Waals surface area contributed by atoms with Crippen molar-refractivity contribution in [3.05, 3.63) is 24.0 Å². The standard InChI is InChI=1S/C6H8BrN/c7-5-6-3-1-2-4-8-6/h2-4,8H,1,5H2. The molecule has 1 N–H and O–H groups in total. The number of halogens is 1. The van der Waals surface area contributed by atoms with Gasteiger partial charge in [0.05, 0.1) is 0 Å². The fourth-order valence-corrected chi connectivity index (χ4v) is 0.987. The normalized spacial score (nSPS) is 17.4. The quantitative estimate of drug-likeness (QED) is 0.597. The number of hydrogen-bond acceptors (Lipinski definition) is 1. The number of rotatable bonds is 1. The van der Waals surface area contributed by atoms with E-state index in [0.717, 1.165) is 11.8 Å². The molecular weight excluding hydrogens is 166 g/mol. The first kappa shape index (κ1) is 5.89. The molecule has 0 atom stereocenters. The maximum atomic E-state index is 3.35. The Morgan fingerprint density at radius 3 is 3.00 bits per heavy atom. The Bertz CT molecular complexity index is 126. The molecule has 8 heavy (non-hydrogen) atoms. The van der Waals surface area contributed by atoms with Crippen LogP contribution in [-0.2, 0) is 0 Å². The van der Waals surface area contributed by atoms with Gasteiger partial charge in [-0.05, 0) is 12.6 Å². The zero-order valence-corrected chi connectivity index (χ0v) is 6.11. The largest absolute Gasteiger partial charge is 0.365 e. The first-order valence-corrected chi connectivity index (χ1v) is 3.72. The lowest BCUT2D eigenvalue weighted by Gasteiger charge is -2.05. The highest BCUT2D eigenvalue weighted by atomic mass is 79.9. The monoisotopic (exact) mass is 173 g/mol. The van der Waals surface area contributed by atoms with Gasteiger partial charge in [0, 0.05) is 11.0 Å². The number of dihydropyridines is 1. The van der Waals surface area contributed by atoms with Crippen LogP contribution < -0.4 is 5.32 Å². The predicted octanol–water partition coefficient (Wildman–Crippen LogP) is 1.77. The van der Waals surface area contributed by atoms with Gasteiger partial charge < -0.3 is 5.32 Å². The van der Waals surface area contributed by atoms with Gasteiger partial charge in [0.25, 0.3) is 0 Å². The fraction of sp³-hybridized carbons (Fsp3) is 0.333. The molecule has 0 aromatic heterocycles. The van der Waals surface area contributed by atoms with Crippen LogP contribution in [0.2, 0.25) is 0 Å². The maximum absolute atomic E-state index is 3.35. The second-order valence-corrected chi connectivity index (χ2v) is 2.21. The van der Waals surface area contributed by atoms with Crippen LogP contribution in [0.3, 0.4) is 0 Å². The second-order valence-electron chi connectivity index (χ2n) is 1.65. The fourth-order valence-electron chi connectivity index (χ4n) is 0.596. The third-order valence-corrected chi connectivity index (χ3v) is 1.63. The molecule has 0 aliphatic carbocycles. The molecule has 0 radical (unpaired) electrons. The average molecular weight is 174 g/mol. The van der Waals surface area contributed by atoms with E-state index < -0.39 is 0 Å². The Labute approximate surface area is 57.6 Å². The molecule has 0 saturated carbocycles. The van der Waals surface area contributed by atoms with E-state index >= 15 is 0 Å². The topological polar surface area (TPSA) is 12.0 Å². The molecular formula is C6H8BrN. The van der Waals surface area contributed by atoms with Gasteiger partial charge in [-0.15, -0.1) is 0 Å². The zero-order valence-electron chi connectivity index (χ0n) is 4.52. The third kappa shape index (κ3) is 1.37. The summed E-state index contributed by atoms with van der Waals surface area (Å²) in [5, 5.41) is 4.03. The first-order chi connectivity index (χ1) is 3.93. The lowest BCUT2D eigenvalue weighted by Crippen LogP contribution is -2.07. The molecule has 0 aromatic carbocycles. The summed E-state index contributed by atoms with van der Waals surface area (Å²) in [7, 11) is 0. The Kier molecular flexibility index (Phi) is 2.15. The van der Waals surface area contributed by atoms with E-state index in [4.69, 9.17) is 0 Å². The van der Waals surface area contributed by atoms with Crippen molar-refractivity contribution in [2.45, 2.75) is 6.42 Å². The molecule has 1 nitrogen and oxygen atoms in total. The molecule has 0 fully saturated rings. The Hall–Kier alpha value is -0.240. The Morgan fingerprint density at radius 1 is 1.75 bits per heavy atom. The van der Waals surface area contributed by atoms with Gasteiger partial charge in [0.15, 0.2) is 0 Å². The number of hydrogen-bond donors (Lipinski definition) is 1. The van der Waals surface area contributed by atoms with Crippen LogP contribution in [0.15, 0.2) is 24.0 Å². The van der Waals surface area contributed by atoms with Crippen LogP contribution in [-0.4, -0.2) is 5.33 Å². The first-order valence-electron chi connectivity index (χ1n) is 2.60. The van der Waals surface area contributed by atoms with Crippen molar-refractivity contribution in [2.75, 3.05) is 5.33 Å². The average Bonchev–Trinajstić information content (AvgIpc) is 1.90. The summed E-state index contributed by atoms with van der Waals surface area (Å²) in [6, 6.07) is 0. The lowest BCUT2D eigenvalue weighted by molar-refractivity contribution is 1.01. The van der Waals surface area contributed by atoms with Gasteiger partial charge in [-0.2, -0.15) is 0 Å². The minimum absolute atomic E-state index is 0.928. The highest BCUT2D eigenvalue weighted by Gasteiger charge is 1.91. The van der Waals surface area contributed by atoms with Crippen LogP contribution in [0.5, 0.6) is 0 Å². The summed E-state index contributed by atoms with van der Waals surface area (Å²) in [4.78, 5) is 0. The van der Waals surface area contributed by atoms with Gasteiger partial charge in [0.2, 0.25) is 0 Å². The summed E-state index contributed by atoms with van der Waals surface area (Å²) in [5.41, 5.74) is 1.26. The van der Waals surface area contributed by atoms with E-state index in [0.29, 0.717) is 0 Å². The summed E-state index contributed by atoms with van der Waals surface area (Å²) in [6.45, 7) is 0. The van der Waals surface area contributed by atoms with Crippen molar-refractivity contribution in [2.24, 2.45) is 0 Å².